The molecule has 1 N–H and O–H groups in total. The van der Waals surface area contributed by atoms with Crippen molar-refractivity contribution in [1.82, 2.24) is 5.32 Å². The van der Waals surface area contributed by atoms with Crippen LogP contribution in [0.2, 0.25) is 0 Å². The van der Waals surface area contributed by atoms with Gasteiger partial charge in [-0.15, -0.1) is 0 Å². The van der Waals surface area contributed by atoms with Crippen molar-refractivity contribution in [3.05, 3.63) is 0 Å². The molecule has 0 aromatic rings. The Morgan fingerprint density at radius 2 is 0.583 bits per heavy atom. The van der Waals surface area contributed by atoms with Crippen molar-refractivity contribution in [3.63, 3.8) is 0 Å². The molecule has 0 aromatic carbocycles. The summed E-state index contributed by atoms with van der Waals surface area (Å²) in [5.74, 6) is 0. The van der Waals surface area contributed by atoms with Crippen LogP contribution in [-0.2, 0) is 0 Å². The Kier molecular flexibility index (Phi) is 22.9. The molecule has 0 saturated carbocycles. The fraction of sp³-hybridized carbons (Fsp3) is 1.00. The quantitative estimate of drug-likeness (QED) is 0.209. The van der Waals surface area contributed by atoms with E-state index in [1.165, 1.54) is 135 Å². The van der Waals surface area contributed by atoms with E-state index in [1.807, 2.05) is 0 Å². The molecule has 146 valence electrons. The van der Waals surface area contributed by atoms with Crippen molar-refractivity contribution in [3.8, 4) is 0 Å². The van der Waals surface area contributed by atoms with Gasteiger partial charge in [-0.25, -0.2) is 0 Å². The lowest BCUT2D eigenvalue weighted by atomic mass is 10.0. The molecule has 0 aromatic heterocycles. The third-order valence-corrected chi connectivity index (χ3v) is 5.16. The molecule has 0 spiro atoms. The Bertz CT molecular complexity index is 180. The molecule has 1 heteroatoms. The maximum absolute atomic E-state index is 3.59. The third-order valence-electron chi connectivity index (χ3n) is 5.16. The van der Waals surface area contributed by atoms with Crippen molar-refractivity contribution in [2.24, 2.45) is 0 Å². The number of hydrogen-bond acceptors (Lipinski definition) is 1. The normalized spacial score (nSPS) is 11.2. The summed E-state index contributed by atoms with van der Waals surface area (Å²) in [7, 11) is 0. The molecule has 0 unspecified atom stereocenters. The zero-order valence-electron chi connectivity index (χ0n) is 17.3. The van der Waals surface area contributed by atoms with E-state index in [0.717, 1.165) is 0 Å². The predicted octanol–water partition coefficient (Wildman–Crippen LogP) is 8.03. The van der Waals surface area contributed by atoms with Crippen LogP contribution in [-0.4, -0.2) is 13.1 Å². The van der Waals surface area contributed by atoms with Gasteiger partial charge in [0.05, 0.1) is 0 Å². The van der Waals surface area contributed by atoms with E-state index >= 15 is 0 Å². The minimum atomic E-state index is 1.23. The number of unbranched alkanes of at least 4 members (excludes halogenated alkanes) is 17. The minimum Gasteiger partial charge on any atom is -0.317 e. The predicted molar refractivity (Wildman–Crippen MR) is 112 cm³/mol. The van der Waals surface area contributed by atoms with Gasteiger partial charge in [0.2, 0.25) is 0 Å². The first kappa shape index (κ1) is 24.0. The highest BCUT2D eigenvalue weighted by atomic mass is 14.8. The van der Waals surface area contributed by atoms with E-state index in [9.17, 15) is 0 Å². The van der Waals surface area contributed by atoms with Crippen LogP contribution < -0.4 is 5.32 Å². The van der Waals surface area contributed by atoms with Crippen LogP contribution in [0.4, 0.5) is 0 Å². The fourth-order valence-electron chi connectivity index (χ4n) is 3.42. The monoisotopic (exact) mass is 339 g/mol. The number of rotatable bonds is 21. The van der Waals surface area contributed by atoms with Crippen LogP contribution >= 0.6 is 0 Å². The molecule has 0 bridgehead atoms. The van der Waals surface area contributed by atoms with E-state index in [4.69, 9.17) is 0 Å². The van der Waals surface area contributed by atoms with Crippen molar-refractivity contribution in [2.75, 3.05) is 13.1 Å². The van der Waals surface area contributed by atoms with Gasteiger partial charge in [0.25, 0.3) is 0 Å². The molecule has 0 rings (SSSR count). The molecule has 0 fully saturated rings. The molecule has 0 atom stereocenters. The maximum atomic E-state index is 3.59. The lowest BCUT2D eigenvalue weighted by Gasteiger charge is -2.05. The van der Waals surface area contributed by atoms with E-state index in [-0.39, 0.29) is 0 Å². The first-order chi connectivity index (χ1) is 11.9. The SMILES string of the molecule is CCCCCCCCCCCCCCCCCNCCCCCC. The topological polar surface area (TPSA) is 12.0 Å². The molecule has 0 aliphatic rings. The van der Waals surface area contributed by atoms with E-state index in [0.29, 0.717) is 0 Å². The summed E-state index contributed by atoms with van der Waals surface area (Å²) in [5.41, 5.74) is 0. The molecule has 0 aliphatic heterocycles. The summed E-state index contributed by atoms with van der Waals surface area (Å²) >= 11 is 0. The Morgan fingerprint density at radius 3 is 0.917 bits per heavy atom. The highest BCUT2D eigenvalue weighted by Crippen LogP contribution is 2.13. The van der Waals surface area contributed by atoms with Crippen LogP contribution in [0, 0.1) is 0 Å². The van der Waals surface area contributed by atoms with Crippen molar-refractivity contribution < 1.29 is 0 Å². The molecule has 0 radical (unpaired) electrons. The summed E-state index contributed by atoms with van der Waals surface area (Å²) in [6.45, 7) is 7.05. The molecule has 0 amide bonds. The smallest absolute Gasteiger partial charge is 0.00489 e. The van der Waals surface area contributed by atoms with Gasteiger partial charge >= 0.3 is 0 Å². The van der Waals surface area contributed by atoms with Gasteiger partial charge in [0.1, 0.15) is 0 Å². The first-order valence-corrected chi connectivity index (χ1v) is 11.6. The summed E-state index contributed by atoms with van der Waals surface area (Å²) < 4.78 is 0. The lowest BCUT2D eigenvalue weighted by molar-refractivity contribution is 0.524. The molecular formula is C23H49N. The summed E-state index contributed by atoms with van der Waals surface area (Å²) in [4.78, 5) is 0. The second kappa shape index (κ2) is 23.0. The summed E-state index contributed by atoms with van der Waals surface area (Å²) in [6.07, 6.45) is 27.4. The zero-order valence-corrected chi connectivity index (χ0v) is 17.3. The summed E-state index contributed by atoms with van der Waals surface area (Å²) in [5, 5.41) is 3.59. The highest BCUT2D eigenvalue weighted by molar-refractivity contribution is 4.52. The summed E-state index contributed by atoms with van der Waals surface area (Å²) in [6, 6.07) is 0. The van der Waals surface area contributed by atoms with E-state index < -0.39 is 0 Å². The van der Waals surface area contributed by atoms with E-state index in [2.05, 4.69) is 19.2 Å². The van der Waals surface area contributed by atoms with Gasteiger partial charge in [-0.3, -0.25) is 0 Å². The highest BCUT2D eigenvalue weighted by Gasteiger charge is 1.94. The molecule has 0 saturated heterocycles. The lowest BCUT2D eigenvalue weighted by Crippen LogP contribution is -2.16. The second-order valence-electron chi connectivity index (χ2n) is 7.76. The van der Waals surface area contributed by atoms with Crippen molar-refractivity contribution >= 4 is 0 Å². The number of nitrogens with one attached hydrogen (secondary N) is 1. The van der Waals surface area contributed by atoms with Gasteiger partial charge in [-0.2, -0.15) is 0 Å². The van der Waals surface area contributed by atoms with Gasteiger partial charge in [-0.1, -0.05) is 123 Å². The van der Waals surface area contributed by atoms with Gasteiger partial charge in [-0.05, 0) is 25.9 Å². The second-order valence-corrected chi connectivity index (χ2v) is 7.76. The van der Waals surface area contributed by atoms with Gasteiger partial charge in [0, 0.05) is 0 Å². The Balaban J connectivity index is 2.93. The molecule has 24 heavy (non-hydrogen) atoms. The largest absolute Gasteiger partial charge is 0.317 e. The molecule has 1 nitrogen and oxygen atoms in total. The first-order valence-electron chi connectivity index (χ1n) is 11.6. The van der Waals surface area contributed by atoms with Gasteiger partial charge in [0.15, 0.2) is 0 Å². The van der Waals surface area contributed by atoms with Crippen molar-refractivity contribution in [1.29, 1.82) is 0 Å². The Morgan fingerprint density at radius 1 is 0.333 bits per heavy atom. The standard InChI is InChI=1S/C23H49N/c1-3-5-7-9-10-11-12-13-14-15-16-17-18-19-21-23-24-22-20-8-6-4-2/h24H,3-23H2,1-2H3. The maximum Gasteiger partial charge on any atom is -0.00489 e. The zero-order chi connectivity index (χ0) is 17.6. The van der Waals surface area contributed by atoms with Crippen LogP contribution in [0.5, 0.6) is 0 Å². The molecular weight excluding hydrogens is 290 g/mol. The molecule has 0 heterocycles. The van der Waals surface area contributed by atoms with Crippen LogP contribution in [0.1, 0.15) is 136 Å². The Hall–Kier alpha value is -0.0400. The average Bonchev–Trinajstić information content (AvgIpc) is 2.60. The van der Waals surface area contributed by atoms with Gasteiger partial charge < -0.3 is 5.32 Å². The molecule has 0 aliphatic carbocycles. The fourth-order valence-corrected chi connectivity index (χ4v) is 3.42. The minimum absolute atomic E-state index is 1.23. The van der Waals surface area contributed by atoms with Crippen molar-refractivity contribution in [2.45, 2.75) is 136 Å². The Labute approximate surface area is 154 Å². The van der Waals surface area contributed by atoms with Crippen LogP contribution in [0.25, 0.3) is 0 Å². The van der Waals surface area contributed by atoms with Crippen LogP contribution in [0.3, 0.4) is 0 Å². The van der Waals surface area contributed by atoms with Crippen LogP contribution in [0.15, 0.2) is 0 Å². The van der Waals surface area contributed by atoms with E-state index in [1.54, 1.807) is 0 Å². The third kappa shape index (κ3) is 22.0. The number of hydrogen-bond donors (Lipinski definition) is 1. The average molecular weight is 340 g/mol.